The number of aromatic nitrogens is 1. The molecule has 0 spiro atoms. The highest BCUT2D eigenvalue weighted by Crippen LogP contribution is 2.40. The first-order valence-corrected chi connectivity index (χ1v) is 10.3. The third-order valence-corrected chi connectivity index (χ3v) is 6.01. The van der Waals surface area contributed by atoms with Gasteiger partial charge in [0.1, 0.15) is 23.0 Å². The van der Waals surface area contributed by atoms with Crippen molar-refractivity contribution in [3.8, 4) is 22.8 Å². The fraction of sp³-hybridized carbons (Fsp3) is 0.105. The van der Waals surface area contributed by atoms with Crippen molar-refractivity contribution in [3.63, 3.8) is 0 Å². The highest BCUT2D eigenvalue weighted by molar-refractivity contribution is 8.19. The summed E-state index contributed by atoms with van der Waals surface area (Å²) in [4.78, 5) is 18.5. The molecule has 10 heteroatoms. The Morgan fingerprint density at radius 2 is 2.03 bits per heavy atom. The third kappa shape index (κ3) is 3.64. The first kappa shape index (κ1) is 19.6. The number of thiazole rings is 1. The summed E-state index contributed by atoms with van der Waals surface area (Å²) >= 11 is 8.52. The van der Waals surface area contributed by atoms with Gasteiger partial charge < -0.3 is 13.9 Å². The van der Waals surface area contributed by atoms with Gasteiger partial charge in [0.2, 0.25) is 0 Å². The zero-order valence-electron chi connectivity index (χ0n) is 15.3. The first-order chi connectivity index (χ1) is 14.0. The van der Waals surface area contributed by atoms with E-state index in [2.05, 4.69) is 4.98 Å². The summed E-state index contributed by atoms with van der Waals surface area (Å²) in [5, 5.41) is 10.8. The molecule has 4 rings (SSSR count). The van der Waals surface area contributed by atoms with Gasteiger partial charge in [0.25, 0.3) is 5.91 Å². The number of rotatable bonds is 5. The van der Waals surface area contributed by atoms with Crippen LogP contribution in [-0.2, 0) is 4.79 Å². The summed E-state index contributed by atoms with van der Waals surface area (Å²) in [5.74, 6) is 1.73. The fourth-order valence-electron chi connectivity index (χ4n) is 2.74. The van der Waals surface area contributed by atoms with Gasteiger partial charge in [-0.15, -0.1) is 11.3 Å². The average Bonchev–Trinajstić information content (AvgIpc) is 3.44. The van der Waals surface area contributed by atoms with Gasteiger partial charge in [-0.05, 0) is 30.0 Å². The molecule has 1 N–H and O–H groups in total. The molecule has 0 aliphatic carbocycles. The number of methoxy groups -OCH3 is 2. The summed E-state index contributed by atoms with van der Waals surface area (Å²) in [6.07, 6.45) is 3.21. The Balaban J connectivity index is 1.65. The topological polar surface area (TPSA) is 88.7 Å². The minimum atomic E-state index is -0.307. The average molecular weight is 448 g/mol. The molecule has 0 unspecified atom stereocenters. The van der Waals surface area contributed by atoms with Crippen LogP contribution in [0.25, 0.3) is 17.4 Å². The molecule has 1 fully saturated rings. The number of halogens is 1. The van der Waals surface area contributed by atoms with Crippen molar-refractivity contribution in [2.24, 2.45) is 0 Å². The summed E-state index contributed by atoms with van der Waals surface area (Å²) in [6.45, 7) is 0. The molecule has 1 aromatic carbocycles. The van der Waals surface area contributed by atoms with Crippen molar-refractivity contribution in [2.45, 2.75) is 0 Å². The van der Waals surface area contributed by atoms with Crippen LogP contribution in [0.2, 0.25) is 5.02 Å². The summed E-state index contributed by atoms with van der Waals surface area (Å²) in [5.41, 5.74) is 0.668. The van der Waals surface area contributed by atoms with Crippen LogP contribution in [0.4, 0.5) is 5.13 Å². The maximum Gasteiger partial charge on any atom is 0.273 e. The summed E-state index contributed by atoms with van der Waals surface area (Å²) in [7, 11) is 3.07. The van der Waals surface area contributed by atoms with Crippen LogP contribution in [0.15, 0.2) is 45.2 Å². The lowest BCUT2D eigenvalue weighted by molar-refractivity contribution is -0.113. The van der Waals surface area contributed by atoms with E-state index in [4.69, 9.17) is 30.9 Å². The van der Waals surface area contributed by atoms with Gasteiger partial charge in [0.15, 0.2) is 10.3 Å². The van der Waals surface area contributed by atoms with Crippen LogP contribution < -0.4 is 14.4 Å². The molecule has 0 saturated carbocycles. The number of nitrogens with zero attached hydrogens (tertiary/aromatic N) is 2. The number of benzene rings is 1. The van der Waals surface area contributed by atoms with Gasteiger partial charge in [-0.3, -0.25) is 10.2 Å². The SMILES string of the molecule is COc1cc(-c2ccc(C=C3SC(=N)N(c4nccs4)C3=O)o2)c(OC)cc1Cl. The molecular formula is C19H14ClN3O4S2. The second kappa shape index (κ2) is 7.94. The largest absolute Gasteiger partial charge is 0.496 e. The lowest BCUT2D eigenvalue weighted by Gasteiger charge is -2.10. The molecule has 29 heavy (non-hydrogen) atoms. The number of carbonyl (C=O) groups is 1. The van der Waals surface area contributed by atoms with Crippen LogP contribution in [0.1, 0.15) is 5.76 Å². The van der Waals surface area contributed by atoms with Crippen molar-refractivity contribution in [1.29, 1.82) is 5.41 Å². The smallest absolute Gasteiger partial charge is 0.273 e. The van der Waals surface area contributed by atoms with Gasteiger partial charge >= 0.3 is 0 Å². The molecule has 0 bridgehead atoms. The molecule has 7 nitrogen and oxygen atoms in total. The van der Waals surface area contributed by atoms with Crippen LogP contribution in [-0.4, -0.2) is 30.3 Å². The molecule has 1 aliphatic rings. The Morgan fingerprint density at radius 1 is 1.24 bits per heavy atom. The number of nitrogens with one attached hydrogen (secondary N) is 1. The second-order valence-electron chi connectivity index (χ2n) is 5.76. The number of amidine groups is 1. The van der Waals surface area contributed by atoms with E-state index < -0.39 is 0 Å². The van der Waals surface area contributed by atoms with E-state index in [0.29, 0.717) is 43.6 Å². The van der Waals surface area contributed by atoms with E-state index in [1.807, 2.05) is 0 Å². The van der Waals surface area contributed by atoms with E-state index in [9.17, 15) is 4.79 Å². The van der Waals surface area contributed by atoms with E-state index in [0.717, 1.165) is 11.8 Å². The predicted octanol–water partition coefficient (Wildman–Crippen LogP) is 5.13. The number of furan rings is 1. The lowest BCUT2D eigenvalue weighted by atomic mass is 10.1. The van der Waals surface area contributed by atoms with Crippen molar-refractivity contribution in [2.75, 3.05) is 19.1 Å². The van der Waals surface area contributed by atoms with Crippen LogP contribution in [0.3, 0.4) is 0 Å². The first-order valence-electron chi connectivity index (χ1n) is 8.25. The maximum absolute atomic E-state index is 12.7. The molecule has 2 aromatic heterocycles. The van der Waals surface area contributed by atoms with E-state index in [1.165, 1.54) is 23.3 Å². The molecule has 1 saturated heterocycles. The molecule has 0 atom stereocenters. The molecule has 3 aromatic rings. The third-order valence-electron chi connectivity index (χ3n) is 4.07. The van der Waals surface area contributed by atoms with E-state index in [1.54, 1.807) is 49.0 Å². The molecule has 1 aliphatic heterocycles. The number of carbonyl (C=O) groups excluding carboxylic acids is 1. The summed E-state index contributed by atoms with van der Waals surface area (Å²) < 4.78 is 16.6. The second-order valence-corrected chi connectivity index (χ2v) is 8.07. The van der Waals surface area contributed by atoms with Crippen molar-refractivity contribution in [3.05, 3.63) is 51.5 Å². The zero-order valence-corrected chi connectivity index (χ0v) is 17.7. The van der Waals surface area contributed by atoms with E-state index >= 15 is 0 Å². The van der Waals surface area contributed by atoms with Gasteiger partial charge in [-0.1, -0.05) is 11.6 Å². The minimum Gasteiger partial charge on any atom is -0.496 e. The number of amides is 1. The number of ether oxygens (including phenoxy) is 2. The molecular weight excluding hydrogens is 434 g/mol. The number of thioether (sulfide) groups is 1. The molecule has 148 valence electrons. The fourth-order valence-corrected chi connectivity index (χ4v) is 4.50. The molecule has 1 amide bonds. The minimum absolute atomic E-state index is 0.104. The van der Waals surface area contributed by atoms with Crippen molar-refractivity contribution in [1.82, 2.24) is 4.98 Å². The van der Waals surface area contributed by atoms with Gasteiger partial charge in [-0.2, -0.15) is 0 Å². The highest BCUT2D eigenvalue weighted by Gasteiger charge is 2.35. The van der Waals surface area contributed by atoms with Crippen molar-refractivity contribution < 1.29 is 18.7 Å². The van der Waals surface area contributed by atoms with Gasteiger partial charge in [-0.25, -0.2) is 9.88 Å². The maximum atomic E-state index is 12.7. The Morgan fingerprint density at radius 3 is 2.72 bits per heavy atom. The monoisotopic (exact) mass is 447 g/mol. The molecule has 0 radical (unpaired) electrons. The Hall–Kier alpha value is -2.75. The number of hydrogen-bond donors (Lipinski definition) is 1. The van der Waals surface area contributed by atoms with Crippen LogP contribution in [0.5, 0.6) is 11.5 Å². The Labute approximate surface area is 179 Å². The van der Waals surface area contributed by atoms with Crippen molar-refractivity contribution >= 4 is 57.0 Å². The number of anilines is 1. The Bertz CT molecular complexity index is 1120. The van der Waals surface area contributed by atoms with Crippen LogP contribution >= 0.6 is 34.7 Å². The lowest BCUT2D eigenvalue weighted by Crippen LogP contribution is -2.27. The van der Waals surface area contributed by atoms with Crippen LogP contribution in [0, 0.1) is 5.41 Å². The zero-order chi connectivity index (χ0) is 20.5. The highest BCUT2D eigenvalue weighted by atomic mass is 35.5. The Kier molecular flexibility index (Phi) is 5.35. The van der Waals surface area contributed by atoms with Gasteiger partial charge in [0, 0.05) is 23.7 Å². The predicted molar refractivity (Wildman–Crippen MR) is 115 cm³/mol. The normalized spacial score (nSPS) is 15.4. The standard InChI is InChI=1S/C19H14ClN3O4S2/c1-25-14-9-12(20)15(26-2)8-11(14)13-4-3-10(27-13)7-16-17(24)23(18(21)29-16)19-22-5-6-28-19/h3-9,21H,1-2H3. The number of hydrogen-bond acceptors (Lipinski definition) is 8. The quantitative estimate of drug-likeness (QED) is 0.545. The van der Waals surface area contributed by atoms with Gasteiger partial charge in [0.05, 0.1) is 29.7 Å². The molecule has 3 heterocycles. The summed E-state index contributed by atoms with van der Waals surface area (Å²) in [6, 6.07) is 6.89. The van der Waals surface area contributed by atoms with E-state index in [-0.39, 0.29) is 11.1 Å².